The molecule has 1 aliphatic heterocycles. The van der Waals surface area contributed by atoms with Crippen LogP contribution in [0.3, 0.4) is 0 Å². The van der Waals surface area contributed by atoms with E-state index in [9.17, 15) is 18.0 Å². The van der Waals surface area contributed by atoms with Crippen LogP contribution in [0.5, 0.6) is 0 Å². The van der Waals surface area contributed by atoms with E-state index >= 15 is 0 Å². The number of hydrogen-bond donors (Lipinski definition) is 2. The lowest BCUT2D eigenvalue weighted by Gasteiger charge is -2.37. The Morgan fingerprint density at radius 2 is 1.90 bits per heavy atom. The summed E-state index contributed by atoms with van der Waals surface area (Å²) in [6.45, 7) is 5.53. The Balaban J connectivity index is 1.21. The zero-order valence-corrected chi connectivity index (χ0v) is 23.9. The zero-order valence-electron chi connectivity index (χ0n) is 22.3. The van der Waals surface area contributed by atoms with E-state index < -0.39 is 21.8 Å². The first-order chi connectivity index (χ1) is 18.6. The van der Waals surface area contributed by atoms with Crippen LogP contribution in [0.1, 0.15) is 48.3 Å². The van der Waals surface area contributed by atoms with Crippen molar-refractivity contribution in [2.24, 2.45) is 0 Å². The van der Waals surface area contributed by atoms with E-state index in [1.54, 1.807) is 0 Å². The van der Waals surface area contributed by atoms with E-state index in [0.717, 1.165) is 54.7 Å². The molecule has 12 heteroatoms. The summed E-state index contributed by atoms with van der Waals surface area (Å²) in [6.07, 6.45) is 5.82. The molecule has 2 atom stereocenters. The highest BCUT2D eigenvalue weighted by molar-refractivity contribution is 7.89. The molecule has 1 aliphatic carbocycles. The summed E-state index contributed by atoms with van der Waals surface area (Å²) in [5.41, 5.74) is 4.52. The highest BCUT2D eigenvalue weighted by atomic mass is 32.2. The van der Waals surface area contributed by atoms with Crippen molar-refractivity contribution in [3.63, 3.8) is 0 Å². The standard InChI is InChI=1S/C27H33N5O5S2/c1-17-13-31(14-18(2)37-17)20-8-6-7-19(11-20)23-16-38-27(29-23)30-25(33)12-28-26(34)22-15-32(39(3,35)36)24-10-5-4-9-21(22)24/h6-8,11,15-18H,4-5,9-10,12-14H2,1-3H3,(H,28,34)(H,29,30,33)/t17-,18+. The molecule has 1 aromatic carbocycles. The second-order valence-electron chi connectivity index (χ2n) is 10.2. The van der Waals surface area contributed by atoms with Crippen LogP contribution in [-0.2, 0) is 32.4 Å². The molecule has 0 unspecified atom stereocenters. The van der Waals surface area contributed by atoms with Crippen molar-refractivity contribution >= 4 is 44.0 Å². The molecule has 2 aliphatic rings. The Bertz CT molecular complexity index is 1490. The van der Waals surface area contributed by atoms with Crippen LogP contribution in [0.4, 0.5) is 10.8 Å². The highest BCUT2D eigenvalue weighted by Crippen LogP contribution is 2.30. The Morgan fingerprint density at radius 3 is 2.64 bits per heavy atom. The number of morpholine rings is 1. The van der Waals surface area contributed by atoms with E-state index in [2.05, 4.69) is 46.5 Å². The Hall–Kier alpha value is -3.22. The molecule has 10 nitrogen and oxygen atoms in total. The largest absolute Gasteiger partial charge is 0.372 e. The fourth-order valence-electron chi connectivity index (χ4n) is 5.32. The maximum atomic E-state index is 12.9. The van der Waals surface area contributed by atoms with Crippen molar-refractivity contribution in [3.05, 3.63) is 52.7 Å². The average molecular weight is 572 g/mol. The number of carbonyl (C=O) groups excluding carboxylic acids is 2. The van der Waals surface area contributed by atoms with Gasteiger partial charge in [0.1, 0.15) is 0 Å². The third kappa shape index (κ3) is 6.18. The van der Waals surface area contributed by atoms with Crippen molar-refractivity contribution in [1.29, 1.82) is 0 Å². The average Bonchev–Trinajstić information content (AvgIpc) is 3.52. The summed E-state index contributed by atoms with van der Waals surface area (Å²) in [5.74, 6) is -0.875. The number of thiazole rings is 1. The van der Waals surface area contributed by atoms with Gasteiger partial charge in [-0.05, 0) is 57.2 Å². The Morgan fingerprint density at radius 1 is 1.15 bits per heavy atom. The zero-order chi connectivity index (χ0) is 27.7. The van der Waals surface area contributed by atoms with Gasteiger partial charge in [-0.3, -0.25) is 9.59 Å². The van der Waals surface area contributed by atoms with Crippen LogP contribution >= 0.6 is 11.3 Å². The molecule has 3 heterocycles. The fraction of sp³-hybridized carbons (Fsp3) is 0.444. The number of ether oxygens (including phenoxy) is 1. The van der Waals surface area contributed by atoms with Crippen LogP contribution in [0.25, 0.3) is 11.3 Å². The van der Waals surface area contributed by atoms with E-state index in [-0.39, 0.29) is 18.8 Å². The topological polar surface area (TPSA) is 123 Å². The van der Waals surface area contributed by atoms with Gasteiger partial charge in [-0.15, -0.1) is 11.3 Å². The van der Waals surface area contributed by atoms with Gasteiger partial charge in [0.2, 0.25) is 15.9 Å². The van der Waals surface area contributed by atoms with E-state index in [0.29, 0.717) is 29.2 Å². The molecule has 2 aromatic heterocycles. The maximum Gasteiger partial charge on any atom is 0.253 e. The monoisotopic (exact) mass is 571 g/mol. The Kier molecular flexibility index (Phi) is 7.79. The number of nitrogens with one attached hydrogen (secondary N) is 2. The minimum Gasteiger partial charge on any atom is -0.372 e. The van der Waals surface area contributed by atoms with Crippen LogP contribution < -0.4 is 15.5 Å². The lowest BCUT2D eigenvalue weighted by molar-refractivity contribution is -0.115. The second kappa shape index (κ2) is 11.1. The van der Waals surface area contributed by atoms with Gasteiger partial charge in [-0.1, -0.05) is 12.1 Å². The molecule has 3 aromatic rings. The van der Waals surface area contributed by atoms with Crippen LogP contribution in [0.15, 0.2) is 35.8 Å². The van der Waals surface area contributed by atoms with E-state index in [4.69, 9.17) is 4.74 Å². The molecule has 5 rings (SSSR count). The van der Waals surface area contributed by atoms with Crippen molar-refractivity contribution < 1.29 is 22.7 Å². The fourth-order valence-corrected chi connectivity index (χ4v) is 6.96. The first kappa shape index (κ1) is 27.4. The maximum absolute atomic E-state index is 12.9. The van der Waals surface area contributed by atoms with Gasteiger partial charge in [-0.2, -0.15) is 0 Å². The third-order valence-corrected chi connectivity index (χ3v) is 8.76. The molecule has 1 fully saturated rings. The van der Waals surface area contributed by atoms with Gasteiger partial charge in [0.05, 0.1) is 36.3 Å². The quantitative estimate of drug-likeness (QED) is 0.446. The van der Waals surface area contributed by atoms with Gasteiger partial charge in [0.15, 0.2) is 5.13 Å². The number of amides is 2. The van der Waals surface area contributed by atoms with Crippen molar-refractivity contribution in [3.8, 4) is 11.3 Å². The van der Waals surface area contributed by atoms with Crippen molar-refractivity contribution in [2.75, 3.05) is 36.1 Å². The molecule has 0 bridgehead atoms. The van der Waals surface area contributed by atoms with Crippen LogP contribution in [-0.4, -0.2) is 67.3 Å². The van der Waals surface area contributed by atoms with Crippen molar-refractivity contribution in [2.45, 2.75) is 51.7 Å². The summed E-state index contributed by atoms with van der Waals surface area (Å²) >= 11 is 1.31. The number of carbonyl (C=O) groups is 2. The number of rotatable bonds is 7. The lowest BCUT2D eigenvalue weighted by atomic mass is 9.95. The molecule has 0 spiro atoms. The molecule has 208 valence electrons. The van der Waals surface area contributed by atoms with Gasteiger partial charge in [-0.25, -0.2) is 17.4 Å². The lowest BCUT2D eigenvalue weighted by Crippen LogP contribution is -2.45. The summed E-state index contributed by atoms with van der Waals surface area (Å²) in [5, 5.41) is 7.69. The summed E-state index contributed by atoms with van der Waals surface area (Å²) < 4.78 is 31.4. The molecular formula is C27H33N5O5S2. The summed E-state index contributed by atoms with van der Waals surface area (Å²) in [7, 11) is -3.52. The first-order valence-electron chi connectivity index (χ1n) is 13.1. The van der Waals surface area contributed by atoms with E-state index in [1.165, 1.54) is 21.5 Å². The van der Waals surface area contributed by atoms with Gasteiger partial charge < -0.3 is 20.3 Å². The minimum absolute atomic E-state index is 0.156. The van der Waals surface area contributed by atoms with Gasteiger partial charge in [0, 0.05) is 41.6 Å². The molecule has 39 heavy (non-hydrogen) atoms. The van der Waals surface area contributed by atoms with Crippen molar-refractivity contribution in [1.82, 2.24) is 14.3 Å². The normalized spacial score (nSPS) is 19.4. The summed E-state index contributed by atoms with van der Waals surface area (Å²) in [6, 6.07) is 8.15. The highest BCUT2D eigenvalue weighted by Gasteiger charge is 2.27. The first-order valence-corrected chi connectivity index (χ1v) is 15.8. The Labute approximate surface area is 232 Å². The number of aromatic nitrogens is 2. The number of nitrogens with zero attached hydrogens (tertiary/aromatic N) is 3. The molecule has 1 saturated heterocycles. The van der Waals surface area contributed by atoms with Crippen LogP contribution in [0, 0.1) is 0 Å². The smallest absolute Gasteiger partial charge is 0.253 e. The number of anilines is 2. The molecule has 2 N–H and O–H groups in total. The molecule has 0 saturated carbocycles. The predicted molar refractivity (Wildman–Crippen MR) is 152 cm³/mol. The number of benzene rings is 1. The number of hydrogen-bond acceptors (Lipinski definition) is 8. The van der Waals surface area contributed by atoms with Crippen LogP contribution in [0.2, 0.25) is 0 Å². The molecule has 2 amide bonds. The minimum atomic E-state index is -3.52. The number of fused-ring (bicyclic) bond motifs is 1. The SMILES string of the molecule is C[C@@H]1CN(c2cccc(-c3csc(NC(=O)CNC(=O)c4cn(S(C)(=O)=O)c5c4CCCC5)n3)c2)C[C@H](C)O1. The predicted octanol–water partition coefficient (Wildman–Crippen LogP) is 3.28. The van der Waals surface area contributed by atoms with Gasteiger partial charge in [0.25, 0.3) is 5.91 Å². The van der Waals surface area contributed by atoms with E-state index in [1.807, 2.05) is 17.5 Å². The molecule has 0 radical (unpaired) electrons. The van der Waals surface area contributed by atoms with Gasteiger partial charge >= 0.3 is 0 Å². The third-order valence-electron chi connectivity index (χ3n) is 6.96. The second-order valence-corrected chi connectivity index (χ2v) is 12.9. The summed E-state index contributed by atoms with van der Waals surface area (Å²) in [4.78, 5) is 32.3. The molecular weight excluding hydrogens is 538 g/mol.